The zero-order valence-corrected chi connectivity index (χ0v) is 16.8. The zero-order valence-electron chi connectivity index (χ0n) is 16.8. The van der Waals surface area contributed by atoms with Crippen molar-refractivity contribution in [1.82, 2.24) is 14.7 Å². The molecule has 1 aliphatic rings. The second-order valence-corrected chi connectivity index (χ2v) is 7.19. The Labute approximate surface area is 161 Å². The van der Waals surface area contributed by atoms with Crippen LogP contribution >= 0.6 is 0 Å². The molecule has 1 aliphatic heterocycles. The molecule has 1 aromatic rings. The molecule has 7 nitrogen and oxygen atoms in total. The Morgan fingerprint density at radius 3 is 2.48 bits per heavy atom. The molecular weight excluding hydrogens is 346 g/mol. The Balaban J connectivity index is 1.89. The van der Waals surface area contributed by atoms with Gasteiger partial charge in [-0.1, -0.05) is 6.07 Å². The number of rotatable bonds is 8. The van der Waals surface area contributed by atoms with Gasteiger partial charge in [-0.15, -0.1) is 0 Å². The molecule has 0 aromatic heterocycles. The number of ether oxygens (including phenoxy) is 2. The van der Waals surface area contributed by atoms with Crippen LogP contribution in [0.3, 0.4) is 0 Å². The van der Waals surface area contributed by atoms with E-state index < -0.39 is 0 Å². The number of methoxy groups -OCH3 is 1. The number of carbonyl (C=O) groups excluding carboxylic acids is 2. The predicted octanol–water partition coefficient (Wildman–Crippen LogP) is 1.34. The predicted molar refractivity (Wildman–Crippen MR) is 104 cm³/mol. The lowest BCUT2D eigenvalue weighted by Gasteiger charge is -2.32. The molecule has 1 aromatic carbocycles. The number of hydrogen-bond acceptors (Lipinski definition) is 5. The van der Waals surface area contributed by atoms with Crippen molar-refractivity contribution in [2.75, 3.05) is 61.0 Å². The largest absolute Gasteiger partial charge is 0.490 e. The molecule has 2 amide bonds. The molecule has 27 heavy (non-hydrogen) atoms. The molecule has 1 heterocycles. The van der Waals surface area contributed by atoms with E-state index in [1.165, 1.54) is 7.11 Å². The summed E-state index contributed by atoms with van der Waals surface area (Å²) in [5.41, 5.74) is 0.626. The number of carbonyl (C=O) groups is 2. The minimum atomic E-state index is -0.0118. The molecule has 7 heteroatoms. The number of benzene rings is 1. The van der Waals surface area contributed by atoms with Crippen LogP contribution in [0.5, 0.6) is 5.75 Å². The third-order valence-electron chi connectivity index (χ3n) is 4.68. The standard InChI is InChI=1S/C20H31N3O4/c1-21(2)12-13-22(3)20(25)16-6-5-7-18(14-16)27-17-8-10-23(11-9-17)19(24)15-26-4/h5-7,14,17H,8-13,15H2,1-4H3. The normalized spacial score (nSPS) is 15.1. The van der Waals surface area contributed by atoms with E-state index in [2.05, 4.69) is 0 Å². The van der Waals surface area contributed by atoms with Gasteiger partial charge in [0.1, 0.15) is 18.5 Å². The van der Waals surface area contributed by atoms with Crippen LogP contribution in [-0.4, -0.2) is 93.7 Å². The van der Waals surface area contributed by atoms with E-state index in [9.17, 15) is 9.59 Å². The maximum atomic E-state index is 12.6. The van der Waals surface area contributed by atoms with Gasteiger partial charge in [0.05, 0.1) is 0 Å². The highest BCUT2D eigenvalue weighted by Crippen LogP contribution is 2.21. The van der Waals surface area contributed by atoms with Gasteiger partial charge in [0.25, 0.3) is 5.91 Å². The van der Waals surface area contributed by atoms with Crippen LogP contribution in [0.1, 0.15) is 23.2 Å². The van der Waals surface area contributed by atoms with Gasteiger partial charge in [0.15, 0.2) is 0 Å². The topological polar surface area (TPSA) is 62.3 Å². The van der Waals surface area contributed by atoms with E-state index in [0.29, 0.717) is 30.9 Å². The Kier molecular flexibility index (Phi) is 8.06. The summed E-state index contributed by atoms with van der Waals surface area (Å²) in [7, 11) is 7.31. The molecule has 0 N–H and O–H groups in total. The lowest BCUT2D eigenvalue weighted by atomic mass is 10.1. The van der Waals surface area contributed by atoms with Crippen molar-refractivity contribution in [3.05, 3.63) is 29.8 Å². The minimum absolute atomic E-state index is 0.0118. The van der Waals surface area contributed by atoms with Crippen molar-refractivity contribution >= 4 is 11.8 Å². The summed E-state index contributed by atoms with van der Waals surface area (Å²) in [4.78, 5) is 30.0. The van der Waals surface area contributed by atoms with Gasteiger partial charge in [-0.05, 0) is 32.3 Å². The molecule has 0 aliphatic carbocycles. The molecule has 0 unspecified atom stereocenters. The van der Waals surface area contributed by atoms with E-state index in [-0.39, 0.29) is 24.5 Å². The first-order valence-electron chi connectivity index (χ1n) is 9.34. The number of nitrogens with zero attached hydrogens (tertiary/aromatic N) is 3. The van der Waals surface area contributed by atoms with Crippen molar-refractivity contribution in [2.45, 2.75) is 18.9 Å². The lowest BCUT2D eigenvalue weighted by molar-refractivity contribution is -0.136. The zero-order chi connectivity index (χ0) is 19.8. The van der Waals surface area contributed by atoms with E-state index in [1.54, 1.807) is 11.0 Å². The molecule has 1 saturated heterocycles. The van der Waals surface area contributed by atoms with E-state index in [1.807, 2.05) is 49.1 Å². The molecule has 0 saturated carbocycles. The Bertz CT molecular complexity index is 627. The summed E-state index contributed by atoms with van der Waals surface area (Å²) >= 11 is 0. The van der Waals surface area contributed by atoms with Crippen molar-refractivity contribution in [3.63, 3.8) is 0 Å². The van der Waals surface area contributed by atoms with Crippen LogP contribution in [0, 0.1) is 0 Å². The number of piperidine rings is 1. The van der Waals surface area contributed by atoms with Gasteiger partial charge >= 0.3 is 0 Å². The molecule has 0 radical (unpaired) electrons. The van der Waals surface area contributed by atoms with Gasteiger partial charge in [0, 0.05) is 58.7 Å². The van der Waals surface area contributed by atoms with Crippen LogP contribution < -0.4 is 4.74 Å². The van der Waals surface area contributed by atoms with E-state index >= 15 is 0 Å². The second-order valence-electron chi connectivity index (χ2n) is 7.19. The van der Waals surface area contributed by atoms with Gasteiger partial charge in [-0.2, -0.15) is 0 Å². The average molecular weight is 377 g/mol. The summed E-state index contributed by atoms with van der Waals surface area (Å²) in [5.74, 6) is 0.704. The summed E-state index contributed by atoms with van der Waals surface area (Å²) in [6, 6.07) is 7.34. The number of likely N-dealkylation sites (tertiary alicyclic amines) is 1. The minimum Gasteiger partial charge on any atom is -0.490 e. The first-order valence-corrected chi connectivity index (χ1v) is 9.34. The van der Waals surface area contributed by atoms with Gasteiger partial charge < -0.3 is 24.2 Å². The monoisotopic (exact) mass is 377 g/mol. The summed E-state index contributed by atoms with van der Waals surface area (Å²) in [5, 5.41) is 0. The number of likely N-dealkylation sites (N-methyl/N-ethyl adjacent to an activating group) is 2. The maximum absolute atomic E-state index is 12.6. The number of amides is 2. The molecule has 0 atom stereocenters. The highest BCUT2D eigenvalue weighted by atomic mass is 16.5. The smallest absolute Gasteiger partial charge is 0.253 e. The van der Waals surface area contributed by atoms with Crippen molar-refractivity contribution in [2.24, 2.45) is 0 Å². The molecule has 150 valence electrons. The highest BCUT2D eigenvalue weighted by Gasteiger charge is 2.24. The fraction of sp³-hybridized carbons (Fsp3) is 0.600. The van der Waals surface area contributed by atoms with Crippen LogP contribution in [0.2, 0.25) is 0 Å². The van der Waals surface area contributed by atoms with Crippen LogP contribution in [0.4, 0.5) is 0 Å². The third-order valence-corrected chi connectivity index (χ3v) is 4.68. The van der Waals surface area contributed by atoms with Crippen LogP contribution in [-0.2, 0) is 9.53 Å². The van der Waals surface area contributed by atoms with Crippen molar-refractivity contribution < 1.29 is 19.1 Å². The van der Waals surface area contributed by atoms with E-state index in [0.717, 1.165) is 19.4 Å². The highest BCUT2D eigenvalue weighted by molar-refractivity contribution is 5.94. The second kappa shape index (κ2) is 10.3. The molecule has 0 spiro atoms. The Hall–Kier alpha value is -2.12. The summed E-state index contributed by atoms with van der Waals surface area (Å²) in [6.45, 7) is 2.94. The van der Waals surface area contributed by atoms with Gasteiger partial charge in [-0.3, -0.25) is 9.59 Å². The molecule has 1 fully saturated rings. The molecule has 2 rings (SSSR count). The van der Waals surface area contributed by atoms with Crippen molar-refractivity contribution in [1.29, 1.82) is 0 Å². The van der Waals surface area contributed by atoms with E-state index in [4.69, 9.17) is 9.47 Å². The van der Waals surface area contributed by atoms with Crippen LogP contribution in [0.15, 0.2) is 24.3 Å². The van der Waals surface area contributed by atoms with Crippen LogP contribution in [0.25, 0.3) is 0 Å². The summed E-state index contributed by atoms with van der Waals surface area (Å²) in [6.07, 6.45) is 1.60. The van der Waals surface area contributed by atoms with Crippen molar-refractivity contribution in [3.8, 4) is 5.75 Å². The SMILES string of the molecule is COCC(=O)N1CCC(Oc2cccc(C(=O)N(C)CCN(C)C)c2)CC1. The fourth-order valence-electron chi connectivity index (χ4n) is 3.00. The lowest BCUT2D eigenvalue weighted by Crippen LogP contribution is -2.43. The Morgan fingerprint density at radius 2 is 1.85 bits per heavy atom. The average Bonchev–Trinajstić information content (AvgIpc) is 2.66. The third kappa shape index (κ3) is 6.52. The van der Waals surface area contributed by atoms with Gasteiger partial charge in [0.2, 0.25) is 5.91 Å². The number of hydrogen-bond donors (Lipinski definition) is 0. The summed E-state index contributed by atoms with van der Waals surface area (Å²) < 4.78 is 11.0. The molecule has 0 bridgehead atoms. The fourth-order valence-corrected chi connectivity index (χ4v) is 3.00. The first kappa shape index (κ1) is 21.2. The first-order chi connectivity index (χ1) is 12.9. The van der Waals surface area contributed by atoms with Gasteiger partial charge in [-0.25, -0.2) is 0 Å². The molecular formula is C20H31N3O4. The Morgan fingerprint density at radius 1 is 1.15 bits per heavy atom. The maximum Gasteiger partial charge on any atom is 0.253 e. The quantitative estimate of drug-likeness (QED) is 0.684.